The predicted molar refractivity (Wildman–Crippen MR) is 77.7 cm³/mol. The highest BCUT2D eigenvalue weighted by atomic mass is 15.3. The fourth-order valence-electron chi connectivity index (χ4n) is 2.79. The number of nitrogens with zero attached hydrogens (tertiary/aromatic N) is 5. The van der Waals surface area contributed by atoms with Gasteiger partial charge in [-0.05, 0) is 38.8 Å². The first-order valence-electron chi connectivity index (χ1n) is 7.05. The third-order valence-electron chi connectivity index (χ3n) is 3.70. The van der Waals surface area contributed by atoms with Gasteiger partial charge in [-0.25, -0.2) is 19.9 Å². The second-order valence-electron chi connectivity index (χ2n) is 5.37. The molecule has 104 valence electrons. The van der Waals surface area contributed by atoms with Gasteiger partial charge in [-0.2, -0.15) is 0 Å². The summed E-state index contributed by atoms with van der Waals surface area (Å²) in [4.78, 5) is 19.8. The molecule has 2 aromatic rings. The molecule has 0 unspecified atom stereocenters. The average Bonchev–Trinajstić information content (AvgIpc) is 2.47. The number of piperidine rings is 1. The largest absolute Gasteiger partial charge is 0.340 e. The van der Waals surface area contributed by atoms with Crippen LogP contribution in [0.1, 0.15) is 35.8 Å². The summed E-state index contributed by atoms with van der Waals surface area (Å²) in [5, 5.41) is 0. The molecule has 5 heteroatoms. The van der Waals surface area contributed by atoms with E-state index in [-0.39, 0.29) is 0 Å². The van der Waals surface area contributed by atoms with Gasteiger partial charge in [-0.15, -0.1) is 0 Å². The van der Waals surface area contributed by atoms with E-state index in [1.54, 1.807) is 6.33 Å². The molecule has 2 aromatic heterocycles. The molecule has 0 amide bonds. The number of aromatic nitrogens is 4. The summed E-state index contributed by atoms with van der Waals surface area (Å²) in [5.41, 5.74) is 3.17. The van der Waals surface area contributed by atoms with Crippen molar-refractivity contribution in [3.8, 4) is 0 Å². The van der Waals surface area contributed by atoms with Crippen molar-refractivity contribution in [2.75, 3.05) is 18.0 Å². The summed E-state index contributed by atoms with van der Waals surface area (Å²) in [6, 6.07) is 4.02. The smallest absolute Gasteiger partial charge is 0.225 e. The Morgan fingerprint density at radius 2 is 2.00 bits per heavy atom. The van der Waals surface area contributed by atoms with E-state index in [0.29, 0.717) is 5.92 Å². The first-order chi connectivity index (χ1) is 9.72. The van der Waals surface area contributed by atoms with Crippen molar-refractivity contribution < 1.29 is 0 Å². The van der Waals surface area contributed by atoms with E-state index in [1.807, 2.05) is 32.2 Å². The normalized spacial score (nSPS) is 19.1. The fraction of sp³-hybridized carbons (Fsp3) is 0.467. The molecule has 1 saturated heterocycles. The Hall–Kier alpha value is -2.04. The molecule has 0 saturated carbocycles. The summed E-state index contributed by atoms with van der Waals surface area (Å²) in [6.07, 6.45) is 5.75. The number of aryl methyl sites for hydroxylation is 2. The van der Waals surface area contributed by atoms with E-state index in [2.05, 4.69) is 24.8 Å². The molecule has 0 spiro atoms. The van der Waals surface area contributed by atoms with Crippen LogP contribution in [0.15, 0.2) is 24.7 Å². The van der Waals surface area contributed by atoms with Gasteiger partial charge >= 0.3 is 0 Å². The summed E-state index contributed by atoms with van der Waals surface area (Å²) in [7, 11) is 0. The van der Waals surface area contributed by atoms with Gasteiger partial charge in [0.25, 0.3) is 0 Å². The highest BCUT2D eigenvalue weighted by Crippen LogP contribution is 2.27. The van der Waals surface area contributed by atoms with Crippen molar-refractivity contribution >= 4 is 5.95 Å². The molecule has 5 nitrogen and oxygen atoms in total. The monoisotopic (exact) mass is 269 g/mol. The van der Waals surface area contributed by atoms with Gasteiger partial charge in [0, 0.05) is 42.3 Å². The van der Waals surface area contributed by atoms with Crippen LogP contribution in [0.3, 0.4) is 0 Å². The Labute approximate surface area is 119 Å². The molecule has 0 aromatic carbocycles. The molecule has 3 heterocycles. The van der Waals surface area contributed by atoms with Crippen molar-refractivity contribution in [1.29, 1.82) is 0 Å². The maximum Gasteiger partial charge on any atom is 0.225 e. The Kier molecular flexibility index (Phi) is 3.58. The van der Waals surface area contributed by atoms with Gasteiger partial charge < -0.3 is 4.90 Å². The molecule has 0 radical (unpaired) electrons. The van der Waals surface area contributed by atoms with Crippen LogP contribution in [0, 0.1) is 13.8 Å². The third kappa shape index (κ3) is 2.76. The summed E-state index contributed by atoms with van der Waals surface area (Å²) >= 11 is 0. The molecule has 0 N–H and O–H groups in total. The second-order valence-corrected chi connectivity index (χ2v) is 5.37. The van der Waals surface area contributed by atoms with E-state index in [4.69, 9.17) is 0 Å². The van der Waals surface area contributed by atoms with Crippen LogP contribution < -0.4 is 4.90 Å². The lowest BCUT2D eigenvalue weighted by molar-refractivity contribution is 0.494. The van der Waals surface area contributed by atoms with Gasteiger partial charge in [0.15, 0.2) is 0 Å². The molecular formula is C15H19N5. The number of rotatable bonds is 2. The zero-order valence-corrected chi connectivity index (χ0v) is 12.0. The minimum atomic E-state index is 0.441. The van der Waals surface area contributed by atoms with Crippen molar-refractivity contribution in [2.45, 2.75) is 32.6 Å². The van der Waals surface area contributed by atoms with E-state index in [9.17, 15) is 0 Å². The van der Waals surface area contributed by atoms with Gasteiger partial charge in [0.2, 0.25) is 5.95 Å². The van der Waals surface area contributed by atoms with Crippen molar-refractivity contribution in [3.05, 3.63) is 41.7 Å². The molecular weight excluding hydrogens is 250 g/mol. The zero-order valence-electron chi connectivity index (χ0n) is 12.0. The molecule has 0 aliphatic carbocycles. The minimum Gasteiger partial charge on any atom is -0.340 e. The molecule has 1 aliphatic rings. The van der Waals surface area contributed by atoms with Gasteiger partial charge in [0.1, 0.15) is 6.33 Å². The zero-order chi connectivity index (χ0) is 13.9. The first kappa shape index (κ1) is 13.0. The molecule has 20 heavy (non-hydrogen) atoms. The van der Waals surface area contributed by atoms with Crippen LogP contribution in [0.2, 0.25) is 0 Å². The summed E-state index contributed by atoms with van der Waals surface area (Å²) < 4.78 is 0. The molecule has 0 bridgehead atoms. The molecule has 1 atom stereocenters. The highest BCUT2D eigenvalue weighted by molar-refractivity contribution is 5.34. The predicted octanol–water partition coefficient (Wildman–Crippen LogP) is 2.27. The second kappa shape index (κ2) is 5.53. The quantitative estimate of drug-likeness (QED) is 0.837. The number of anilines is 1. The van der Waals surface area contributed by atoms with Crippen LogP contribution >= 0.6 is 0 Å². The third-order valence-corrected chi connectivity index (χ3v) is 3.70. The van der Waals surface area contributed by atoms with E-state index in [0.717, 1.165) is 49.0 Å². The Balaban J connectivity index is 1.81. The molecule has 1 fully saturated rings. The average molecular weight is 269 g/mol. The topological polar surface area (TPSA) is 54.8 Å². The lowest BCUT2D eigenvalue weighted by atomic mass is 9.95. The Morgan fingerprint density at radius 3 is 2.70 bits per heavy atom. The Bertz CT molecular complexity index is 564. The fourth-order valence-corrected chi connectivity index (χ4v) is 2.79. The molecule has 3 rings (SSSR count). The summed E-state index contributed by atoms with van der Waals surface area (Å²) in [6.45, 7) is 5.98. The van der Waals surface area contributed by atoms with Crippen LogP contribution in [-0.4, -0.2) is 33.0 Å². The number of hydrogen-bond acceptors (Lipinski definition) is 5. The maximum absolute atomic E-state index is 4.57. The van der Waals surface area contributed by atoms with E-state index in [1.165, 1.54) is 0 Å². The van der Waals surface area contributed by atoms with Crippen LogP contribution in [0.5, 0.6) is 0 Å². The first-order valence-corrected chi connectivity index (χ1v) is 7.05. The van der Waals surface area contributed by atoms with Crippen LogP contribution in [0.4, 0.5) is 5.95 Å². The van der Waals surface area contributed by atoms with E-state index >= 15 is 0 Å². The van der Waals surface area contributed by atoms with Crippen molar-refractivity contribution in [1.82, 2.24) is 19.9 Å². The lowest BCUT2D eigenvalue weighted by Crippen LogP contribution is -2.36. The van der Waals surface area contributed by atoms with Gasteiger partial charge in [-0.1, -0.05) is 0 Å². The lowest BCUT2D eigenvalue weighted by Gasteiger charge is -2.32. The molecule has 1 aliphatic heterocycles. The number of hydrogen-bond donors (Lipinski definition) is 0. The standard InChI is InChI=1S/C15H19N5/c1-11-8-12(2)19-15(18-11)20-7-3-4-13(9-20)14-5-6-16-10-17-14/h5-6,8,10,13H,3-4,7,9H2,1-2H3/t13-/m1/s1. The Morgan fingerprint density at radius 1 is 1.20 bits per heavy atom. The van der Waals surface area contributed by atoms with Crippen molar-refractivity contribution in [2.24, 2.45) is 0 Å². The SMILES string of the molecule is Cc1cc(C)nc(N2CCC[C@@H](c3ccncn3)C2)n1. The highest BCUT2D eigenvalue weighted by Gasteiger charge is 2.24. The van der Waals surface area contributed by atoms with Gasteiger partial charge in [0.05, 0.1) is 0 Å². The maximum atomic E-state index is 4.57. The van der Waals surface area contributed by atoms with Crippen LogP contribution in [-0.2, 0) is 0 Å². The van der Waals surface area contributed by atoms with Gasteiger partial charge in [-0.3, -0.25) is 0 Å². The van der Waals surface area contributed by atoms with E-state index < -0.39 is 0 Å². The van der Waals surface area contributed by atoms with Crippen LogP contribution in [0.25, 0.3) is 0 Å². The minimum absolute atomic E-state index is 0.441. The van der Waals surface area contributed by atoms with Crippen molar-refractivity contribution in [3.63, 3.8) is 0 Å². The summed E-state index contributed by atoms with van der Waals surface area (Å²) in [5.74, 6) is 1.29.